The van der Waals surface area contributed by atoms with Gasteiger partial charge in [0.05, 0.1) is 12.1 Å². The smallest absolute Gasteiger partial charge is 0.0994 e. The van der Waals surface area contributed by atoms with E-state index in [1.54, 1.807) is 0 Å². The van der Waals surface area contributed by atoms with E-state index in [2.05, 4.69) is 36.6 Å². The minimum Gasteiger partial charge on any atom is -0.372 e. The second-order valence-electron chi connectivity index (χ2n) is 4.99. The lowest BCUT2D eigenvalue weighted by Gasteiger charge is -2.26. The molecule has 2 rings (SSSR count). The van der Waals surface area contributed by atoms with Gasteiger partial charge >= 0.3 is 0 Å². The first-order valence-corrected chi connectivity index (χ1v) is 8.30. The minimum absolute atomic E-state index is 0.0339. The van der Waals surface area contributed by atoms with Crippen LogP contribution in [0.4, 0.5) is 0 Å². The topological polar surface area (TPSA) is 47.3 Å². The van der Waals surface area contributed by atoms with Crippen molar-refractivity contribution in [2.24, 2.45) is 5.84 Å². The lowest BCUT2D eigenvalue weighted by Crippen LogP contribution is -2.42. The van der Waals surface area contributed by atoms with Crippen molar-refractivity contribution >= 4 is 11.3 Å². The van der Waals surface area contributed by atoms with Gasteiger partial charge in [-0.05, 0) is 31.0 Å². The van der Waals surface area contributed by atoms with Gasteiger partial charge in [0.15, 0.2) is 0 Å². The SMILES string of the molecule is CCOC(c1ccccc1)C(Cc1ccc(CC)s1)NN. The Hall–Kier alpha value is -1.20. The van der Waals surface area contributed by atoms with Crippen LogP contribution in [-0.2, 0) is 17.6 Å². The molecule has 3 N–H and O–H groups in total. The van der Waals surface area contributed by atoms with Crippen LogP contribution in [0.15, 0.2) is 42.5 Å². The number of benzene rings is 1. The largest absolute Gasteiger partial charge is 0.372 e. The lowest BCUT2D eigenvalue weighted by molar-refractivity contribution is 0.0334. The summed E-state index contributed by atoms with van der Waals surface area (Å²) in [7, 11) is 0. The number of hydrazine groups is 1. The highest BCUT2D eigenvalue weighted by atomic mass is 32.1. The van der Waals surface area contributed by atoms with Crippen molar-refractivity contribution in [3.8, 4) is 0 Å². The summed E-state index contributed by atoms with van der Waals surface area (Å²) in [4.78, 5) is 2.75. The van der Waals surface area contributed by atoms with Crippen LogP contribution in [0, 0.1) is 0 Å². The van der Waals surface area contributed by atoms with Crippen molar-refractivity contribution in [2.45, 2.75) is 38.8 Å². The standard InChI is InChI=1S/C17H24N2OS/c1-3-14-10-11-15(21-14)12-16(19-18)17(20-4-2)13-8-6-5-7-9-13/h5-11,16-17,19H,3-4,12,18H2,1-2H3. The number of thiophene rings is 1. The van der Waals surface area contributed by atoms with E-state index in [-0.39, 0.29) is 12.1 Å². The Balaban J connectivity index is 2.15. The normalized spacial score (nSPS) is 14.0. The summed E-state index contributed by atoms with van der Waals surface area (Å²) in [6.45, 7) is 4.87. The molecule has 0 amide bonds. The minimum atomic E-state index is -0.0339. The predicted octanol–water partition coefficient (Wildman–Crippen LogP) is 3.46. The van der Waals surface area contributed by atoms with E-state index in [0.29, 0.717) is 6.61 Å². The van der Waals surface area contributed by atoms with Crippen LogP contribution in [0.1, 0.15) is 35.3 Å². The fraction of sp³-hybridized carbons (Fsp3) is 0.412. The van der Waals surface area contributed by atoms with Crippen molar-refractivity contribution in [3.05, 3.63) is 57.8 Å². The molecule has 0 aliphatic carbocycles. The van der Waals surface area contributed by atoms with Gasteiger partial charge in [-0.25, -0.2) is 0 Å². The van der Waals surface area contributed by atoms with Gasteiger partial charge in [-0.3, -0.25) is 11.3 Å². The Morgan fingerprint density at radius 3 is 2.38 bits per heavy atom. The van der Waals surface area contributed by atoms with Crippen molar-refractivity contribution < 1.29 is 4.74 Å². The number of hydrogen-bond donors (Lipinski definition) is 2. The van der Waals surface area contributed by atoms with E-state index in [9.17, 15) is 0 Å². The molecule has 1 aromatic carbocycles. The highest BCUT2D eigenvalue weighted by Crippen LogP contribution is 2.26. The van der Waals surface area contributed by atoms with Gasteiger partial charge in [-0.2, -0.15) is 0 Å². The molecule has 21 heavy (non-hydrogen) atoms. The van der Waals surface area contributed by atoms with Gasteiger partial charge in [-0.1, -0.05) is 37.3 Å². The Morgan fingerprint density at radius 1 is 1.10 bits per heavy atom. The zero-order chi connectivity index (χ0) is 15.1. The van der Waals surface area contributed by atoms with Crippen LogP contribution >= 0.6 is 11.3 Å². The number of hydrogen-bond acceptors (Lipinski definition) is 4. The summed E-state index contributed by atoms with van der Waals surface area (Å²) in [6, 6.07) is 14.7. The average molecular weight is 304 g/mol. The molecule has 114 valence electrons. The van der Waals surface area contributed by atoms with Gasteiger partial charge in [0.1, 0.15) is 0 Å². The van der Waals surface area contributed by atoms with Crippen molar-refractivity contribution in [1.82, 2.24) is 5.43 Å². The quantitative estimate of drug-likeness (QED) is 0.580. The van der Waals surface area contributed by atoms with Crippen LogP contribution in [-0.4, -0.2) is 12.6 Å². The maximum absolute atomic E-state index is 5.95. The van der Waals surface area contributed by atoms with E-state index in [0.717, 1.165) is 18.4 Å². The summed E-state index contributed by atoms with van der Waals surface area (Å²) >= 11 is 1.86. The van der Waals surface area contributed by atoms with E-state index < -0.39 is 0 Å². The van der Waals surface area contributed by atoms with E-state index in [4.69, 9.17) is 10.6 Å². The highest BCUT2D eigenvalue weighted by molar-refractivity contribution is 7.11. The van der Waals surface area contributed by atoms with Gasteiger partial charge in [0, 0.05) is 22.8 Å². The third-order valence-electron chi connectivity index (χ3n) is 3.54. The van der Waals surface area contributed by atoms with Crippen LogP contribution in [0.3, 0.4) is 0 Å². The predicted molar refractivity (Wildman–Crippen MR) is 89.3 cm³/mol. The number of nitrogens with one attached hydrogen (secondary N) is 1. The molecule has 2 aromatic rings. The second kappa shape index (κ2) is 8.29. The highest BCUT2D eigenvalue weighted by Gasteiger charge is 2.23. The maximum Gasteiger partial charge on any atom is 0.0994 e. The first kappa shape index (κ1) is 16.2. The van der Waals surface area contributed by atoms with Crippen molar-refractivity contribution in [3.63, 3.8) is 0 Å². The molecular weight excluding hydrogens is 280 g/mol. The molecule has 2 unspecified atom stereocenters. The Labute approximate surface area is 131 Å². The molecule has 1 aromatic heterocycles. The average Bonchev–Trinajstić information content (AvgIpc) is 2.99. The molecule has 0 saturated heterocycles. The van der Waals surface area contributed by atoms with Gasteiger partial charge in [0.25, 0.3) is 0 Å². The van der Waals surface area contributed by atoms with Gasteiger partial charge in [0.2, 0.25) is 0 Å². The molecule has 0 saturated carbocycles. The fourth-order valence-corrected chi connectivity index (χ4v) is 3.48. The lowest BCUT2D eigenvalue weighted by atomic mass is 9.99. The van der Waals surface area contributed by atoms with E-state index in [1.807, 2.05) is 36.5 Å². The first-order valence-electron chi connectivity index (χ1n) is 7.48. The molecule has 0 aliphatic heterocycles. The van der Waals surface area contributed by atoms with Crippen LogP contribution in [0.2, 0.25) is 0 Å². The van der Waals surface area contributed by atoms with E-state index >= 15 is 0 Å². The van der Waals surface area contributed by atoms with Gasteiger partial charge in [-0.15, -0.1) is 11.3 Å². The molecule has 0 bridgehead atoms. The summed E-state index contributed by atoms with van der Waals surface area (Å²) in [5.74, 6) is 5.80. The van der Waals surface area contributed by atoms with Crippen LogP contribution in [0.5, 0.6) is 0 Å². The first-order chi connectivity index (χ1) is 10.3. The summed E-state index contributed by atoms with van der Waals surface area (Å²) in [6.07, 6.45) is 1.92. The Kier molecular flexibility index (Phi) is 6.39. The molecular formula is C17H24N2OS. The number of rotatable bonds is 8. The third kappa shape index (κ3) is 4.38. The Morgan fingerprint density at radius 2 is 1.81 bits per heavy atom. The van der Waals surface area contributed by atoms with Crippen LogP contribution in [0.25, 0.3) is 0 Å². The molecule has 2 atom stereocenters. The van der Waals surface area contributed by atoms with E-state index in [1.165, 1.54) is 9.75 Å². The number of aryl methyl sites for hydroxylation is 1. The number of nitrogens with two attached hydrogens (primary N) is 1. The van der Waals surface area contributed by atoms with Crippen LogP contribution < -0.4 is 11.3 Å². The fourth-order valence-electron chi connectivity index (χ4n) is 2.46. The number of ether oxygens (including phenoxy) is 1. The van der Waals surface area contributed by atoms with Crippen molar-refractivity contribution in [2.75, 3.05) is 6.61 Å². The molecule has 0 fully saturated rings. The summed E-state index contributed by atoms with van der Waals surface area (Å²) < 4.78 is 5.95. The zero-order valence-electron chi connectivity index (χ0n) is 12.7. The molecule has 0 radical (unpaired) electrons. The molecule has 3 nitrogen and oxygen atoms in total. The monoisotopic (exact) mass is 304 g/mol. The summed E-state index contributed by atoms with van der Waals surface area (Å²) in [5.41, 5.74) is 4.10. The summed E-state index contributed by atoms with van der Waals surface area (Å²) in [5, 5.41) is 0. The molecule has 4 heteroatoms. The Bertz CT molecular complexity index is 527. The molecule has 1 heterocycles. The molecule has 0 spiro atoms. The maximum atomic E-state index is 5.95. The van der Waals surface area contributed by atoms with Crippen molar-refractivity contribution in [1.29, 1.82) is 0 Å². The third-order valence-corrected chi connectivity index (χ3v) is 4.79. The second-order valence-corrected chi connectivity index (χ2v) is 6.24. The molecule has 0 aliphatic rings. The van der Waals surface area contributed by atoms with Gasteiger partial charge < -0.3 is 4.74 Å². The zero-order valence-corrected chi connectivity index (χ0v) is 13.5.